The Morgan fingerprint density at radius 1 is 1.26 bits per heavy atom. The molecule has 0 atom stereocenters. The molecule has 1 aromatic rings. The molecule has 1 aliphatic rings. The molecule has 0 aromatic heterocycles. The van der Waals surface area contributed by atoms with Crippen molar-refractivity contribution >= 4 is 11.8 Å². The maximum absolute atomic E-state index is 11.8. The number of nitrogens with two attached hydrogens (primary N) is 1. The van der Waals surface area contributed by atoms with E-state index in [2.05, 4.69) is 5.32 Å². The fraction of sp³-hybridized carbons (Fsp3) is 0.400. The zero-order chi connectivity index (χ0) is 13.7. The van der Waals surface area contributed by atoms with Crippen molar-refractivity contribution < 1.29 is 9.59 Å². The van der Waals surface area contributed by atoms with Crippen LogP contribution >= 0.6 is 0 Å². The molecule has 101 valence electrons. The summed E-state index contributed by atoms with van der Waals surface area (Å²) in [5, 5.41) is 2.99. The van der Waals surface area contributed by atoms with Crippen LogP contribution in [0.4, 0.5) is 0 Å². The maximum atomic E-state index is 11.8. The average molecular weight is 259 g/mol. The molecule has 1 aliphatic carbocycles. The first-order valence-electron chi connectivity index (χ1n) is 6.68. The Kier molecular flexibility index (Phi) is 4.55. The summed E-state index contributed by atoms with van der Waals surface area (Å²) in [5.74, 6) is -0.522. The van der Waals surface area contributed by atoms with Gasteiger partial charge in [0.1, 0.15) is 0 Å². The van der Waals surface area contributed by atoms with Gasteiger partial charge in [-0.25, -0.2) is 0 Å². The lowest BCUT2D eigenvalue weighted by molar-refractivity contribution is -0.118. The molecule has 0 bridgehead atoms. The lowest BCUT2D eigenvalue weighted by Crippen LogP contribution is -2.33. The number of hydrogen-bond acceptors (Lipinski definition) is 2. The van der Waals surface area contributed by atoms with Gasteiger partial charge in [0.2, 0.25) is 11.8 Å². The first-order valence-corrected chi connectivity index (χ1v) is 6.68. The SMILES string of the molecule is NC(=O)c1ccccc1C[CH]C(=O)NC1CCCC1. The van der Waals surface area contributed by atoms with Crippen molar-refractivity contribution in [3.05, 3.63) is 41.8 Å². The monoisotopic (exact) mass is 259 g/mol. The van der Waals surface area contributed by atoms with Crippen molar-refractivity contribution in [1.29, 1.82) is 0 Å². The topological polar surface area (TPSA) is 72.2 Å². The number of carbonyl (C=O) groups is 2. The fourth-order valence-electron chi connectivity index (χ4n) is 2.47. The number of nitrogens with one attached hydrogen (secondary N) is 1. The van der Waals surface area contributed by atoms with E-state index in [0.717, 1.165) is 18.4 Å². The third-order valence-corrected chi connectivity index (χ3v) is 3.49. The van der Waals surface area contributed by atoms with E-state index in [1.54, 1.807) is 18.6 Å². The molecule has 2 rings (SSSR count). The van der Waals surface area contributed by atoms with E-state index in [1.807, 2.05) is 12.1 Å². The molecule has 2 amide bonds. The second kappa shape index (κ2) is 6.36. The van der Waals surface area contributed by atoms with Gasteiger partial charge in [0.25, 0.3) is 0 Å². The lowest BCUT2D eigenvalue weighted by atomic mass is 10.0. The molecule has 0 spiro atoms. The van der Waals surface area contributed by atoms with Gasteiger partial charge in [-0.05, 0) is 30.9 Å². The van der Waals surface area contributed by atoms with E-state index >= 15 is 0 Å². The predicted octanol–water partition coefficient (Wildman–Crippen LogP) is 1.59. The highest BCUT2D eigenvalue weighted by Crippen LogP contribution is 2.18. The van der Waals surface area contributed by atoms with Crippen LogP contribution in [0.3, 0.4) is 0 Å². The van der Waals surface area contributed by atoms with Crippen LogP contribution in [-0.4, -0.2) is 17.9 Å². The molecule has 0 unspecified atom stereocenters. The smallest absolute Gasteiger partial charge is 0.248 e. The van der Waals surface area contributed by atoms with E-state index in [-0.39, 0.29) is 5.91 Å². The van der Waals surface area contributed by atoms with Crippen LogP contribution in [0.25, 0.3) is 0 Å². The van der Waals surface area contributed by atoms with Crippen molar-refractivity contribution in [3.8, 4) is 0 Å². The minimum absolute atomic E-state index is 0.0637. The van der Waals surface area contributed by atoms with E-state index in [0.29, 0.717) is 18.0 Å². The molecule has 1 aromatic carbocycles. The highest BCUT2D eigenvalue weighted by Gasteiger charge is 2.17. The van der Waals surface area contributed by atoms with Crippen LogP contribution < -0.4 is 11.1 Å². The normalized spacial score (nSPS) is 15.4. The minimum Gasteiger partial charge on any atom is -0.366 e. The Bertz CT molecular complexity index is 465. The summed E-state index contributed by atoms with van der Waals surface area (Å²) < 4.78 is 0. The van der Waals surface area contributed by atoms with Gasteiger partial charge < -0.3 is 11.1 Å². The molecule has 1 fully saturated rings. The molecule has 0 saturated heterocycles. The molecule has 4 nitrogen and oxygen atoms in total. The van der Waals surface area contributed by atoms with E-state index in [1.165, 1.54) is 12.8 Å². The third-order valence-electron chi connectivity index (χ3n) is 3.49. The standard InChI is InChI=1S/C15H19N2O2/c16-15(19)13-8-4-1-5-11(13)9-10-14(18)17-12-6-2-3-7-12/h1,4-5,8,10,12H,2-3,6-7,9H2,(H2,16,19)(H,17,18). The third kappa shape index (κ3) is 3.81. The molecular weight excluding hydrogens is 240 g/mol. The van der Waals surface area contributed by atoms with Crippen LogP contribution in [0.15, 0.2) is 24.3 Å². The number of hydrogen-bond donors (Lipinski definition) is 2. The summed E-state index contributed by atoms with van der Waals surface area (Å²) in [4.78, 5) is 23.0. The zero-order valence-corrected chi connectivity index (χ0v) is 10.9. The quantitative estimate of drug-likeness (QED) is 0.843. The van der Waals surface area contributed by atoms with E-state index in [4.69, 9.17) is 5.73 Å². The van der Waals surface area contributed by atoms with Crippen LogP contribution in [0, 0.1) is 6.42 Å². The Balaban J connectivity index is 1.87. The summed E-state index contributed by atoms with van der Waals surface area (Å²) >= 11 is 0. The van der Waals surface area contributed by atoms with Gasteiger partial charge in [-0.1, -0.05) is 31.0 Å². The van der Waals surface area contributed by atoms with Gasteiger partial charge in [0.15, 0.2) is 0 Å². The highest BCUT2D eigenvalue weighted by atomic mass is 16.2. The van der Waals surface area contributed by atoms with Gasteiger partial charge in [-0.3, -0.25) is 9.59 Å². The van der Waals surface area contributed by atoms with E-state index in [9.17, 15) is 9.59 Å². The Morgan fingerprint density at radius 3 is 2.63 bits per heavy atom. The summed E-state index contributed by atoms with van der Waals surface area (Å²) in [6, 6.07) is 7.42. The number of carbonyl (C=O) groups excluding carboxylic acids is 2. The first kappa shape index (κ1) is 13.6. The van der Waals surface area contributed by atoms with Gasteiger partial charge in [-0.15, -0.1) is 0 Å². The van der Waals surface area contributed by atoms with Crippen molar-refractivity contribution in [2.75, 3.05) is 0 Å². The van der Waals surface area contributed by atoms with Crippen molar-refractivity contribution in [2.45, 2.75) is 38.1 Å². The molecule has 3 N–H and O–H groups in total. The summed E-state index contributed by atoms with van der Waals surface area (Å²) in [5.41, 5.74) is 6.57. The van der Waals surface area contributed by atoms with Gasteiger partial charge in [-0.2, -0.15) is 0 Å². The predicted molar refractivity (Wildman–Crippen MR) is 73.4 cm³/mol. The van der Waals surface area contributed by atoms with Crippen molar-refractivity contribution in [3.63, 3.8) is 0 Å². The van der Waals surface area contributed by atoms with Crippen LogP contribution in [0.5, 0.6) is 0 Å². The summed E-state index contributed by atoms with van der Waals surface area (Å²) in [6.07, 6.45) is 6.53. The second-order valence-corrected chi connectivity index (χ2v) is 4.92. The van der Waals surface area contributed by atoms with E-state index < -0.39 is 5.91 Å². The van der Waals surface area contributed by atoms with Crippen molar-refractivity contribution in [2.24, 2.45) is 5.73 Å². The summed E-state index contributed by atoms with van der Waals surface area (Å²) in [7, 11) is 0. The Morgan fingerprint density at radius 2 is 1.95 bits per heavy atom. The van der Waals surface area contributed by atoms with Crippen LogP contribution in [0.2, 0.25) is 0 Å². The number of rotatable bonds is 5. The van der Waals surface area contributed by atoms with Crippen molar-refractivity contribution in [1.82, 2.24) is 5.32 Å². The zero-order valence-electron chi connectivity index (χ0n) is 10.9. The number of amides is 2. The highest BCUT2D eigenvalue weighted by molar-refractivity contribution is 5.94. The molecule has 0 aliphatic heterocycles. The lowest BCUT2D eigenvalue weighted by Gasteiger charge is -2.12. The maximum Gasteiger partial charge on any atom is 0.248 e. The molecule has 4 heteroatoms. The largest absolute Gasteiger partial charge is 0.366 e. The molecule has 1 radical (unpaired) electrons. The van der Waals surface area contributed by atoms with Gasteiger partial charge in [0, 0.05) is 11.6 Å². The molecule has 19 heavy (non-hydrogen) atoms. The van der Waals surface area contributed by atoms with Gasteiger partial charge in [0.05, 0.1) is 6.42 Å². The second-order valence-electron chi connectivity index (χ2n) is 4.92. The molecule has 0 heterocycles. The molecular formula is C15H19N2O2. The summed E-state index contributed by atoms with van der Waals surface area (Å²) in [6.45, 7) is 0. The van der Waals surface area contributed by atoms with Crippen LogP contribution in [-0.2, 0) is 11.2 Å². The molecule has 1 saturated carbocycles. The fourth-order valence-corrected chi connectivity index (χ4v) is 2.47. The first-order chi connectivity index (χ1) is 9.16. The Hall–Kier alpha value is -1.84. The Labute approximate surface area is 113 Å². The van der Waals surface area contributed by atoms with Crippen LogP contribution in [0.1, 0.15) is 41.6 Å². The number of benzene rings is 1. The number of primary amides is 1. The minimum atomic E-state index is -0.458. The average Bonchev–Trinajstić information content (AvgIpc) is 2.89. The van der Waals surface area contributed by atoms with Gasteiger partial charge >= 0.3 is 0 Å².